The third kappa shape index (κ3) is 3.46. The number of carbonyl (C=O) groups is 1. The van der Waals surface area contributed by atoms with Crippen molar-refractivity contribution < 1.29 is 4.79 Å². The number of hydrogen-bond donors (Lipinski definition) is 0. The van der Waals surface area contributed by atoms with Crippen LogP contribution < -0.4 is 0 Å². The summed E-state index contributed by atoms with van der Waals surface area (Å²) in [5.74, 6) is 1.08. The molecule has 0 fully saturated rings. The monoisotopic (exact) mass is 410 g/mol. The number of benzene rings is 2. The molecule has 5 heteroatoms. The van der Waals surface area contributed by atoms with E-state index < -0.39 is 0 Å². The Kier molecular flexibility index (Phi) is 4.54. The topological polar surface area (TPSA) is 43.1 Å². The second-order valence-electron chi connectivity index (χ2n) is 9.03. The molecule has 0 bridgehead atoms. The van der Waals surface area contributed by atoms with E-state index in [0.717, 1.165) is 28.2 Å². The number of hydrogen-bond acceptors (Lipinski definition) is 2. The van der Waals surface area contributed by atoms with E-state index in [1.165, 1.54) is 0 Å². The van der Waals surface area contributed by atoms with Crippen LogP contribution in [0.3, 0.4) is 0 Å². The van der Waals surface area contributed by atoms with Crippen molar-refractivity contribution >= 4 is 5.91 Å². The van der Waals surface area contributed by atoms with Gasteiger partial charge in [-0.25, -0.2) is 4.68 Å². The summed E-state index contributed by atoms with van der Waals surface area (Å²) in [6.07, 6.45) is 4.07. The molecule has 1 amide bonds. The molecular formula is C26H26N4O. The molecule has 2 aromatic heterocycles. The van der Waals surface area contributed by atoms with Crippen LogP contribution in [0.4, 0.5) is 0 Å². The van der Waals surface area contributed by atoms with Crippen molar-refractivity contribution in [3.8, 4) is 16.9 Å². The summed E-state index contributed by atoms with van der Waals surface area (Å²) < 4.78 is 4.17. The Morgan fingerprint density at radius 3 is 2.13 bits per heavy atom. The first-order chi connectivity index (χ1) is 14.9. The Balaban J connectivity index is 1.42. The largest absolute Gasteiger partial charge is 0.328 e. The van der Waals surface area contributed by atoms with Crippen LogP contribution in [-0.2, 0) is 18.6 Å². The Labute approximate surface area is 182 Å². The molecule has 0 saturated carbocycles. The van der Waals surface area contributed by atoms with Gasteiger partial charge in [-0.05, 0) is 56.2 Å². The van der Waals surface area contributed by atoms with Gasteiger partial charge in [0, 0.05) is 23.5 Å². The third-order valence-corrected chi connectivity index (χ3v) is 5.74. The van der Waals surface area contributed by atoms with Crippen LogP contribution >= 0.6 is 0 Å². The first-order valence-electron chi connectivity index (χ1n) is 10.6. The minimum absolute atomic E-state index is 0.0402. The van der Waals surface area contributed by atoms with Gasteiger partial charge in [-0.1, -0.05) is 42.5 Å². The summed E-state index contributed by atoms with van der Waals surface area (Å²) in [5.41, 5.74) is 4.92. The number of aromatic nitrogens is 3. The zero-order chi connectivity index (χ0) is 21.6. The molecule has 0 spiro atoms. The standard InChI is InChI=1S/C26H26N4O/c1-26(2,3)30-24(28-15-7-8-16-28)22-17-29(18-23(22)27-30)25(31)21-13-11-20(12-14-21)19-9-5-4-6-10-19/h4-16H,17-18H2,1-3H3. The number of carbonyl (C=O) groups excluding carboxylic acids is 1. The van der Waals surface area contributed by atoms with Crippen molar-refractivity contribution in [2.75, 3.05) is 0 Å². The summed E-state index contributed by atoms with van der Waals surface area (Å²) in [6.45, 7) is 7.56. The first-order valence-corrected chi connectivity index (χ1v) is 10.6. The minimum atomic E-state index is -0.147. The molecule has 0 unspecified atom stereocenters. The SMILES string of the molecule is CC(C)(C)n1nc2c(c1-n1cccc1)CN(C(=O)c1ccc(-c3ccccc3)cc1)C2. The number of amides is 1. The van der Waals surface area contributed by atoms with Gasteiger partial charge < -0.3 is 9.47 Å². The van der Waals surface area contributed by atoms with Gasteiger partial charge in [0.05, 0.1) is 24.3 Å². The van der Waals surface area contributed by atoms with Crippen LogP contribution in [0.25, 0.3) is 16.9 Å². The second-order valence-corrected chi connectivity index (χ2v) is 9.03. The lowest BCUT2D eigenvalue weighted by Gasteiger charge is -2.24. The Bertz CT molecular complexity index is 1210. The maximum atomic E-state index is 13.2. The maximum Gasteiger partial charge on any atom is 0.254 e. The van der Waals surface area contributed by atoms with Crippen LogP contribution in [-0.4, -0.2) is 25.2 Å². The van der Waals surface area contributed by atoms with Crippen LogP contribution in [0.15, 0.2) is 79.1 Å². The summed E-state index contributed by atoms with van der Waals surface area (Å²) in [6, 6.07) is 22.1. The zero-order valence-electron chi connectivity index (χ0n) is 18.1. The number of fused-ring (bicyclic) bond motifs is 1. The average molecular weight is 411 g/mol. The lowest BCUT2D eigenvalue weighted by molar-refractivity contribution is 0.0748. The highest BCUT2D eigenvalue weighted by Gasteiger charge is 2.33. The molecule has 3 heterocycles. The molecule has 5 rings (SSSR count). The maximum absolute atomic E-state index is 13.2. The highest BCUT2D eigenvalue weighted by Crippen LogP contribution is 2.33. The van der Waals surface area contributed by atoms with Gasteiger partial charge in [0.15, 0.2) is 0 Å². The van der Waals surface area contributed by atoms with Gasteiger partial charge in [0.1, 0.15) is 5.82 Å². The molecule has 1 aliphatic rings. The van der Waals surface area contributed by atoms with E-state index in [2.05, 4.69) is 42.2 Å². The van der Waals surface area contributed by atoms with Crippen LogP contribution in [0.2, 0.25) is 0 Å². The fraction of sp³-hybridized carbons (Fsp3) is 0.231. The predicted molar refractivity (Wildman–Crippen MR) is 122 cm³/mol. The fourth-order valence-electron chi connectivity index (χ4n) is 4.17. The number of nitrogens with zero attached hydrogens (tertiary/aromatic N) is 4. The molecule has 2 aromatic carbocycles. The van der Waals surface area contributed by atoms with Crippen molar-refractivity contribution in [3.05, 3.63) is 95.9 Å². The summed E-state index contributed by atoms with van der Waals surface area (Å²) >= 11 is 0. The smallest absolute Gasteiger partial charge is 0.254 e. The van der Waals surface area contributed by atoms with Crippen molar-refractivity contribution in [3.63, 3.8) is 0 Å². The molecule has 31 heavy (non-hydrogen) atoms. The van der Waals surface area contributed by atoms with Crippen molar-refractivity contribution in [2.24, 2.45) is 0 Å². The molecule has 156 valence electrons. The Hall–Kier alpha value is -3.60. The average Bonchev–Trinajstić information content (AvgIpc) is 3.49. The van der Waals surface area contributed by atoms with Gasteiger partial charge in [-0.3, -0.25) is 4.79 Å². The summed E-state index contributed by atoms with van der Waals surface area (Å²) in [4.78, 5) is 15.1. The lowest BCUT2D eigenvalue weighted by atomic mass is 10.0. The highest BCUT2D eigenvalue weighted by molar-refractivity contribution is 5.95. The third-order valence-electron chi connectivity index (χ3n) is 5.74. The highest BCUT2D eigenvalue weighted by atomic mass is 16.2. The second kappa shape index (κ2) is 7.27. The molecule has 4 aromatic rings. The Morgan fingerprint density at radius 1 is 0.839 bits per heavy atom. The Morgan fingerprint density at radius 2 is 1.48 bits per heavy atom. The van der Waals surface area contributed by atoms with Crippen LogP contribution in [0, 0.1) is 0 Å². The fourth-order valence-corrected chi connectivity index (χ4v) is 4.17. The molecular weight excluding hydrogens is 384 g/mol. The lowest BCUT2D eigenvalue weighted by Crippen LogP contribution is -2.29. The molecule has 0 N–H and O–H groups in total. The van der Waals surface area contributed by atoms with E-state index in [4.69, 9.17) is 5.10 Å². The molecule has 0 aliphatic carbocycles. The van der Waals surface area contributed by atoms with Crippen LogP contribution in [0.1, 0.15) is 42.4 Å². The molecule has 1 aliphatic heterocycles. The molecule has 0 radical (unpaired) electrons. The summed E-state index contributed by atoms with van der Waals surface area (Å²) in [7, 11) is 0. The van der Waals surface area contributed by atoms with Gasteiger partial charge in [0.2, 0.25) is 0 Å². The number of rotatable bonds is 3. The van der Waals surface area contributed by atoms with Gasteiger partial charge in [-0.2, -0.15) is 5.10 Å². The van der Waals surface area contributed by atoms with E-state index in [1.807, 2.05) is 71.9 Å². The van der Waals surface area contributed by atoms with Gasteiger partial charge in [0.25, 0.3) is 5.91 Å². The van der Waals surface area contributed by atoms with Crippen molar-refractivity contribution in [2.45, 2.75) is 39.4 Å². The van der Waals surface area contributed by atoms with E-state index in [0.29, 0.717) is 18.7 Å². The van der Waals surface area contributed by atoms with E-state index in [1.54, 1.807) is 0 Å². The van der Waals surface area contributed by atoms with Crippen LogP contribution in [0.5, 0.6) is 0 Å². The quantitative estimate of drug-likeness (QED) is 0.463. The molecule has 0 atom stereocenters. The summed E-state index contributed by atoms with van der Waals surface area (Å²) in [5, 5.41) is 4.90. The zero-order valence-corrected chi connectivity index (χ0v) is 18.1. The predicted octanol–water partition coefficient (Wildman–Crippen LogP) is 5.25. The van der Waals surface area contributed by atoms with E-state index >= 15 is 0 Å². The molecule has 5 nitrogen and oxygen atoms in total. The first kappa shape index (κ1) is 19.4. The minimum Gasteiger partial charge on any atom is -0.328 e. The van der Waals surface area contributed by atoms with Gasteiger partial charge >= 0.3 is 0 Å². The van der Waals surface area contributed by atoms with Crippen molar-refractivity contribution in [1.82, 2.24) is 19.2 Å². The van der Waals surface area contributed by atoms with E-state index in [9.17, 15) is 4.79 Å². The van der Waals surface area contributed by atoms with Gasteiger partial charge in [-0.15, -0.1) is 0 Å². The molecule has 0 saturated heterocycles. The van der Waals surface area contributed by atoms with E-state index in [-0.39, 0.29) is 11.4 Å². The normalized spacial score (nSPS) is 13.5. The van der Waals surface area contributed by atoms with Crippen molar-refractivity contribution in [1.29, 1.82) is 0 Å².